The molecule has 0 radical (unpaired) electrons. The summed E-state index contributed by atoms with van der Waals surface area (Å²) in [4.78, 5) is 4.85. The van der Waals surface area contributed by atoms with Gasteiger partial charge in [0.1, 0.15) is 25.2 Å². The summed E-state index contributed by atoms with van der Waals surface area (Å²) >= 11 is 11.7. The molecule has 0 saturated carbocycles. The van der Waals surface area contributed by atoms with Crippen molar-refractivity contribution in [3.8, 4) is 5.75 Å². The van der Waals surface area contributed by atoms with Crippen LogP contribution in [0.4, 0.5) is 0 Å². The number of oxime groups is 1. The highest BCUT2D eigenvalue weighted by Crippen LogP contribution is 2.16. The van der Waals surface area contributed by atoms with Gasteiger partial charge in [-0.3, -0.25) is 0 Å². The van der Waals surface area contributed by atoms with Gasteiger partial charge < -0.3 is 9.57 Å². The monoisotopic (exact) mass is 309 g/mol. The zero-order chi connectivity index (χ0) is 14.4. The Kier molecular flexibility index (Phi) is 5.27. The van der Waals surface area contributed by atoms with Gasteiger partial charge in [-0.1, -0.05) is 40.5 Å². The molecule has 5 heteroatoms. The van der Waals surface area contributed by atoms with Gasteiger partial charge in [-0.2, -0.15) is 0 Å². The van der Waals surface area contributed by atoms with Gasteiger partial charge in [-0.25, -0.2) is 0 Å². The molecule has 0 saturated heterocycles. The first kappa shape index (κ1) is 14.7. The van der Waals surface area contributed by atoms with Crippen molar-refractivity contribution >= 4 is 28.9 Å². The van der Waals surface area contributed by atoms with Crippen LogP contribution in [-0.4, -0.2) is 19.4 Å². The van der Waals surface area contributed by atoms with E-state index in [1.165, 1.54) is 7.11 Å². The first-order chi connectivity index (χ1) is 9.69. The number of rotatable bonds is 5. The predicted molar refractivity (Wildman–Crippen MR) is 81.9 cm³/mol. The predicted octanol–water partition coefficient (Wildman–Crippen LogP) is 4.42. The second-order valence-corrected chi connectivity index (χ2v) is 4.84. The minimum Gasteiger partial charge on any atom is -0.487 e. The molecule has 0 aromatic heterocycles. The number of halogens is 2. The van der Waals surface area contributed by atoms with E-state index in [1.54, 1.807) is 36.4 Å². The molecule has 0 atom stereocenters. The third-order valence-corrected chi connectivity index (χ3v) is 3.07. The Morgan fingerprint density at radius 3 is 2.05 bits per heavy atom. The van der Waals surface area contributed by atoms with Crippen LogP contribution in [0.15, 0.2) is 53.7 Å². The van der Waals surface area contributed by atoms with Crippen molar-refractivity contribution in [2.24, 2.45) is 5.16 Å². The second kappa shape index (κ2) is 7.17. The number of benzene rings is 2. The maximum atomic E-state index is 5.87. The van der Waals surface area contributed by atoms with Crippen molar-refractivity contribution < 1.29 is 9.57 Å². The van der Waals surface area contributed by atoms with E-state index in [4.69, 9.17) is 32.8 Å². The molecule has 0 N–H and O–H groups in total. The molecule has 0 amide bonds. The molecule has 104 valence electrons. The molecule has 0 unspecified atom stereocenters. The van der Waals surface area contributed by atoms with Crippen molar-refractivity contribution in [1.82, 2.24) is 0 Å². The van der Waals surface area contributed by atoms with Crippen LogP contribution in [0.2, 0.25) is 10.0 Å². The van der Waals surface area contributed by atoms with E-state index >= 15 is 0 Å². The molecule has 0 aliphatic rings. The summed E-state index contributed by atoms with van der Waals surface area (Å²) in [6, 6.07) is 14.5. The minimum absolute atomic E-state index is 0.289. The standard InChI is InChI=1S/C15H13Cl2NO2/c1-19-18-15(11-2-4-12(16)5-3-11)10-20-14-8-6-13(17)7-9-14/h2-9H,10H2,1H3/b18-15+. The highest BCUT2D eigenvalue weighted by molar-refractivity contribution is 6.30. The van der Waals surface area contributed by atoms with Crippen LogP contribution in [0.5, 0.6) is 5.75 Å². The molecule has 2 rings (SSSR count). The van der Waals surface area contributed by atoms with Gasteiger partial charge in [0.2, 0.25) is 0 Å². The molecule has 0 fully saturated rings. The van der Waals surface area contributed by atoms with E-state index in [9.17, 15) is 0 Å². The molecule has 0 heterocycles. The van der Waals surface area contributed by atoms with Crippen molar-refractivity contribution in [2.45, 2.75) is 0 Å². The van der Waals surface area contributed by atoms with Gasteiger partial charge in [0, 0.05) is 15.6 Å². The zero-order valence-electron chi connectivity index (χ0n) is 10.8. The molecule has 2 aromatic carbocycles. The molecule has 20 heavy (non-hydrogen) atoms. The lowest BCUT2D eigenvalue weighted by atomic mass is 10.1. The summed E-state index contributed by atoms with van der Waals surface area (Å²) in [7, 11) is 1.50. The van der Waals surface area contributed by atoms with Crippen molar-refractivity contribution in [2.75, 3.05) is 13.7 Å². The Hall–Kier alpha value is -1.71. The lowest BCUT2D eigenvalue weighted by molar-refractivity contribution is 0.210. The van der Waals surface area contributed by atoms with Gasteiger partial charge >= 0.3 is 0 Å². The van der Waals surface area contributed by atoms with Crippen molar-refractivity contribution in [3.05, 3.63) is 64.1 Å². The lowest BCUT2D eigenvalue weighted by Gasteiger charge is -2.09. The van der Waals surface area contributed by atoms with E-state index in [0.29, 0.717) is 21.5 Å². The largest absolute Gasteiger partial charge is 0.487 e. The van der Waals surface area contributed by atoms with Gasteiger partial charge in [0.15, 0.2) is 0 Å². The number of nitrogens with zero attached hydrogens (tertiary/aromatic N) is 1. The van der Waals surface area contributed by atoms with E-state index in [1.807, 2.05) is 12.1 Å². The van der Waals surface area contributed by atoms with Crippen LogP contribution in [0.25, 0.3) is 0 Å². The van der Waals surface area contributed by atoms with Crippen molar-refractivity contribution in [3.63, 3.8) is 0 Å². The molecular formula is C15H13Cl2NO2. The summed E-state index contributed by atoms with van der Waals surface area (Å²) in [5.41, 5.74) is 1.57. The molecular weight excluding hydrogens is 297 g/mol. The number of hydrogen-bond donors (Lipinski definition) is 0. The first-order valence-corrected chi connectivity index (χ1v) is 6.69. The fourth-order valence-electron chi connectivity index (χ4n) is 1.60. The Bertz CT molecular complexity index is 580. The van der Waals surface area contributed by atoms with Gasteiger partial charge in [-0.15, -0.1) is 0 Å². The summed E-state index contributed by atoms with van der Waals surface area (Å²) in [6.07, 6.45) is 0. The fraction of sp³-hybridized carbons (Fsp3) is 0.133. The quantitative estimate of drug-likeness (QED) is 0.604. The van der Waals surface area contributed by atoms with Gasteiger partial charge in [0.25, 0.3) is 0 Å². The minimum atomic E-state index is 0.289. The Morgan fingerprint density at radius 1 is 0.950 bits per heavy atom. The van der Waals surface area contributed by atoms with E-state index in [-0.39, 0.29) is 6.61 Å². The second-order valence-electron chi connectivity index (χ2n) is 3.97. The van der Waals surface area contributed by atoms with Gasteiger partial charge in [-0.05, 0) is 36.4 Å². The maximum absolute atomic E-state index is 5.87. The Labute approximate surface area is 127 Å². The van der Waals surface area contributed by atoms with Crippen LogP contribution in [0.3, 0.4) is 0 Å². The first-order valence-electron chi connectivity index (χ1n) is 5.93. The molecule has 2 aromatic rings. The third kappa shape index (κ3) is 4.15. The number of hydrogen-bond acceptors (Lipinski definition) is 3. The summed E-state index contributed by atoms with van der Waals surface area (Å²) in [6.45, 7) is 0.289. The fourth-order valence-corrected chi connectivity index (χ4v) is 1.85. The highest BCUT2D eigenvalue weighted by atomic mass is 35.5. The SMILES string of the molecule is CO/N=C(\COc1ccc(Cl)cc1)c1ccc(Cl)cc1. The van der Waals surface area contributed by atoms with Crippen LogP contribution < -0.4 is 4.74 Å². The average molecular weight is 310 g/mol. The summed E-state index contributed by atoms with van der Waals surface area (Å²) in [5.74, 6) is 0.715. The topological polar surface area (TPSA) is 30.8 Å². The van der Waals surface area contributed by atoms with E-state index in [2.05, 4.69) is 5.16 Å². The Balaban J connectivity index is 2.08. The van der Waals surface area contributed by atoms with Crippen LogP contribution in [-0.2, 0) is 4.84 Å². The van der Waals surface area contributed by atoms with E-state index in [0.717, 1.165) is 5.56 Å². The molecule has 3 nitrogen and oxygen atoms in total. The van der Waals surface area contributed by atoms with Gasteiger partial charge in [0.05, 0.1) is 0 Å². The smallest absolute Gasteiger partial charge is 0.134 e. The summed E-state index contributed by atoms with van der Waals surface area (Å²) in [5, 5.41) is 5.32. The van der Waals surface area contributed by atoms with E-state index < -0.39 is 0 Å². The molecule has 0 spiro atoms. The normalized spacial score (nSPS) is 11.2. The molecule has 0 aliphatic carbocycles. The van der Waals surface area contributed by atoms with Crippen LogP contribution in [0.1, 0.15) is 5.56 Å². The Morgan fingerprint density at radius 2 is 1.50 bits per heavy atom. The summed E-state index contributed by atoms with van der Waals surface area (Å²) < 4.78 is 5.66. The van der Waals surface area contributed by atoms with Crippen molar-refractivity contribution in [1.29, 1.82) is 0 Å². The maximum Gasteiger partial charge on any atom is 0.134 e. The highest BCUT2D eigenvalue weighted by Gasteiger charge is 2.06. The van der Waals surface area contributed by atoms with Crippen LogP contribution >= 0.6 is 23.2 Å². The molecule has 0 bridgehead atoms. The molecule has 0 aliphatic heterocycles. The lowest BCUT2D eigenvalue weighted by Crippen LogP contribution is -2.13. The third-order valence-electron chi connectivity index (χ3n) is 2.57. The zero-order valence-corrected chi connectivity index (χ0v) is 12.4. The van der Waals surface area contributed by atoms with Crippen LogP contribution in [0, 0.1) is 0 Å². The average Bonchev–Trinajstić information content (AvgIpc) is 2.46. The number of ether oxygens (including phenoxy) is 1.